The smallest absolute Gasteiger partial charge is 0.132 e. The van der Waals surface area contributed by atoms with E-state index >= 15 is 0 Å². The van der Waals surface area contributed by atoms with E-state index in [-0.39, 0.29) is 0 Å². The molecule has 0 saturated carbocycles. The first-order valence-electron chi connectivity index (χ1n) is 15.7. The van der Waals surface area contributed by atoms with Crippen LogP contribution in [0.2, 0.25) is 0 Å². The van der Waals surface area contributed by atoms with Gasteiger partial charge in [-0.25, -0.2) is 19.9 Å². The Hall–Kier alpha value is -6.14. The molecule has 0 amide bonds. The van der Waals surface area contributed by atoms with Crippen LogP contribution in [-0.4, -0.2) is 19.9 Å². The fourth-order valence-corrected chi connectivity index (χ4v) is 7.48. The van der Waals surface area contributed by atoms with Gasteiger partial charge < -0.3 is 9.64 Å². The Bertz CT molecular complexity index is 2220. The number of fused-ring (bicyclic) bond motifs is 8. The molecule has 0 atom stereocenters. The Labute approximate surface area is 273 Å². The topological polar surface area (TPSA) is 64.0 Å². The molecule has 7 aromatic rings. The van der Waals surface area contributed by atoms with E-state index in [1.807, 2.05) is 19.1 Å². The van der Waals surface area contributed by atoms with Crippen LogP contribution in [0.1, 0.15) is 33.6 Å². The number of aryl methyl sites for hydroxylation is 1. The van der Waals surface area contributed by atoms with E-state index in [2.05, 4.69) is 131 Å². The number of hydrogen-bond donors (Lipinski definition) is 0. The summed E-state index contributed by atoms with van der Waals surface area (Å²) in [7, 11) is 0. The number of rotatable bonds is 3. The summed E-state index contributed by atoms with van der Waals surface area (Å²) in [6.07, 6.45) is 5.12. The van der Waals surface area contributed by atoms with Gasteiger partial charge in [0.1, 0.15) is 23.7 Å². The van der Waals surface area contributed by atoms with E-state index in [0.717, 1.165) is 67.8 Å². The highest BCUT2D eigenvalue weighted by Gasteiger charge is 2.50. The standard InChI is InChI=1S/C41H29N5O/c1-26-39(44-27(2)45-40(26)29-23-42-25-43-24-29)28-19-21-30(22-20-28)46-35-15-7-3-11-31(35)41(32-12-4-8-16-36(32)46)33-13-5-9-17-37(33)47-38-18-10-6-14-34(38)41/h3-25H,1-2H3. The molecule has 4 heterocycles. The first kappa shape index (κ1) is 27.2. The number of aromatic nitrogens is 4. The lowest BCUT2D eigenvalue weighted by Gasteiger charge is -2.48. The minimum absolute atomic E-state index is 0.553. The van der Waals surface area contributed by atoms with Gasteiger partial charge in [0.15, 0.2) is 0 Å². The summed E-state index contributed by atoms with van der Waals surface area (Å²) in [5.41, 5.74) is 12.1. The summed E-state index contributed by atoms with van der Waals surface area (Å²) in [6, 6.07) is 43.1. The van der Waals surface area contributed by atoms with Crippen LogP contribution in [0, 0.1) is 13.8 Å². The lowest BCUT2D eigenvalue weighted by atomic mass is 9.61. The van der Waals surface area contributed by atoms with E-state index in [4.69, 9.17) is 14.7 Å². The fourth-order valence-electron chi connectivity index (χ4n) is 7.48. The molecule has 9 rings (SSSR count). The van der Waals surface area contributed by atoms with Crippen LogP contribution in [0.3, 0.4) is 0 Å². The zero-order chi connectivity index (χ0) is 31.5. The Kier molecular flexibility index (Phi) is 6.05. The Balaban J connectivity index is 1.23. The van der Waals surface area contributed by atoms with Crippen molar-refractivity contribution in [2.45, 2.75) is 19.3 Å². The van der Waals surface area contributed by atoms with Gasteiger partial charge in [-0.3, -0.25) is 0 Å². The van der Waals surface area contributed by atoms with Crippen LogP contribution in [-0.2, 0) is 5.41 Å². The van der Waals surface area contributed by atoms with Crippen molar-refractivity contribution in [1.29, 1.82) is 0 Å². The minimum Gasteiger partial charge on any atom is -0.457 e. The van der Waals surface area contributed by atoms with E-state index in [9.17, 15) is 0 Å². The van der Waals surface area contributed by atoms with E-state index in [0.29, 0.717) is 5.82 Å². The molecule has 2 aliphatic rings. The van der Waals surface area contributed by atoms with Gasteiger partial charge in [-0.2, -0.15) is 0 Å². The van der Waals surface area contributed by atoms with Gasteiger partial charge in [0.2, 0.25) is 0 Å². The van der Waals surface area contributed by atoms with Crippen LogP contribution in [0.5, 0.6) is 11.5 Å². The van der Waals surface area contributed by atoms with Crippen LogP contribution in [0.25, 0.3) is 22.5 Å². The molecule has 5 aromatic carbocycles. The molecule has 0 radical (unpaired) electrons. The quantitative estimate of drug-likeness (QED) is 0.199. The van der Waals surface area contributed by atoms with Gasteiger partial charge in [-0.1, -0.05) is 84.9 Å². The highest BCUT2D eigenvalue weighted by atomic mass is 16.5. The van der Waals surface area contributed by atoms with Crippen molar-refractivity contribution in [3.05, 3.63) is 174 Å². The summed E-state index contributed by atoms with van der Waals surface area (Å²) in [5.74, 6) is 2.46. The maximum atomic E-state index is 6.53. The number of ether oxygens (including phenoxy) is 1. The van der Waals surface area contributed by atoms with Crippen molar-refractivity contribution in [2.75, 3.05) is 4.90 Å². The molecular weight excluding hydrogens is 578 g/mol. The normalized spacial score (nSPS) is 13.6. The summed E-state index contributed by atoms with van der Waals surface area (Å²) in [6.45, 7) is 3.99. The molecule has 1 spiro atoms. The minimum atomic E-state index is -0.553. The van der Waals surface area contributed by atoms with Crippen molar-refractivity contribution < 1.29 is 4.74 Å². The Morgan fingerprint density at radius 1 is 0.532 bits per heavy atom. The summed E-state index contributed by atoms with van der Waals surface area (Å²) in [4.78, 5) is 20.4. The molecule has 0 N–H and O–H groups in total. The molecule has 6 heteroatoms. The van der Waals surface area contributed by atoms with Gasteiger partial charge >= 0.3 is 0 Å². The third-order valence-electron chi connectivity index (χ3n) is 9.39. The average molecular weight is 608 g/mol. The van der Waals surface area contributed by atoms with Crippen molar-refractivity contribution >= 4 is 17.1 Å². The molecule has 2 aliphatic heterocycles. The van der Waals surface area contributed by atoms with Crippen molar-refractivity contribution in [3.8, 4) is 34.0 Å². The lowest BCUT2D eigenvalue weighted by Crippen LogP contribution is -2.39. The number of anilines is 3. The number of benzene rings is 5. The van der Waals surface area contributed by atoms with Crippen molar-refractivity contribution in [1.82, 2.24) is 19.9 Å². The van der Waals surface area contributed by atoms with Crippen LogP contribution in [0.15, 0.2) is 140 Å². The van der Waals surface area contributed by atoms with Crippen molar-refractivity contribution in [3.63, 3.8) is 0 Å². The van der Waals surface area contributed by atoms with E-state index in [1.54, 1.807) is 12.4 Å². The van der Waals surface area contributed by atoms with Crippen LogP contribution >= 0.6 is 0 Å². The molecular formula is C41H29N5O. The third-order valence-corrected chi connectivity index (χ3v) is 9.39. The van der Waals surface area contributed by atoms with Gasteiger partial charge in [0, 0.05) is 45.9 Å². The molecule has 224 valence electrons. The molecule has 0 unspecified atom stereocenters. The SMILES string of the molecule is Cc1nc(-c2ccc(N3c4ccccc4C4(c5ccccc5Oc5ccccc54)c4ccccc43)cc2)c(C)c(-c2cncnc2)n1. The van der Waals surface area contributed by atoms with Gasteiger partial charge in [-0.05, 0) is 61.4 Å². The highest BCUT2D eigenvalue weighted by Crippen LogP contribution is 2.62. The second-order valence-electron chi connectivity index (χ2n) is 12.0. The van der Waals surface area contributed by atoms with Gasteiger partial charge in [0.25, 0.3) is 0 Å². The summed E-state index contributed by atoms with van der Waals surface area (Å²) >= 11 is 0. The van der Waals surface area contributed by atoms with E-state index < -0.39 is 5.41 Å². The third kappa shape index (κ3) is 3.98. The number of hydrogen-bond acceptors (Lipinski definition) is 6. The second kappa shape index (κ2) is 10.5. The molecule has 0 aliphatic carbocycles. The number of para-hydroxylation sites is 4. The largest absolute Gasteiger partial charge is 0.457 e. The first-order valence-corrected chi connectivity index (χ1v) is 15.7. The predicted octanol–water partition coefficient (Wildman–Crippen LogP) is 9.49. The summed E-state index contributed by atoms with van der Waals surface area (Å²) < 4.78 is 6.53. The van der Waals surface area contributed by atoms with Gasteiger partial charge in [0.05, 0.1) is 28.2 Å². The first-order chi connectivity index (χ1) is 23.1. The molecule has 0 fully saturated rings. The molecule has 0 bridgehead atoms. The van der Waals surface area contributed by atoms with Crippen LogP contribution in [0.4, 0.5) is 17.1 Å². The fraction of sp³-hybridized carbons (Fsp3) is 0.0732. The van der Waals surface area contributed by atoms with Crippen molar-refractivity contribution in [2.24, 2.45) is 0 Å². The maximum Gasteiger partial charge on any atom is 0.132 e. The lowest BCUT2D eigenvalue weighted by molar-refractivity contribution is 0.434. The van der Waals surface area contributed by atoms with E-state index in [1.165, 1.54) is 17.5 Å². The molecule has 47 heavy (non-hydrogen) atoms. The van der Waals surface area contributed by atoms with Gasteiger partial charge in [-0.15, -0.1) is 0 Å². The zero-order valence-electron chi connectivity index (χ0n) is 25.9. The zero-order valence-corrected chi connectivity index (χ0v) is 25.9. The monoisotopic (exact) mass is 607 g/mol. The predicted molar refractivity (Wildman–Crippen MR) is 185 cm³/mol. The average Bonchev–Trinajstić information content (AvgIpc) is 3.13. The maximum absolute atomic E-state index is 6.53. The highest BCUT2D eigenvalue weighted by molar-refractivity contribution is 5.91. The number of nitrogens with zero attached hydrogens (tertiary/aromatic N) is 5. The second-order valence-corrected chi connectivity index (χ2v) is 12.0. The Morgan fingerprint density at radius 2 is 1.02 bits per heavy atom. The van der Waals surface area contributed by atoms with Crippen LogP contribution < -0.4 is 9.64 Å². The molecule has 6 nitrogen and oxygen atoms in total. The Morgan fingerprint density at radius 3 is 1.60 bits per heavy atom. The summed E-state index contributed by atoms with van der Waals surface area (Å²) in [5, 5.41) is 0. The molecule has 0 saturated heterocycles. The molecule has 2 aromatic heterocycles.